The first-order valence-corrected chi connectivity index (χ1v) is 8.70. The van der Waals surface area contributed by atoms with E-state index in [4.69, 9.17) is 0 Å². The fourth-order valence-corrected chi connectivity index (χ4v) is 2.92. The average Bonchev–Trinajstić information content (AvgIpc) is 2.67. The molecule has 25 heavy (non-hydrogen) atoms. The molecule has 4 nitrogen and oxygen atoms in total. The van der Waals surface area contributed by atoms with Crippen LogP contribution in [0.15, 0.2) is 72.0 Å². The first-order chi connectivity index (χ1) is 12.2. The van der Waals surface area contributed by atoms with Crippen molar-refractivity contribution in [2.75, 3.05) is 5.75 Å². The number of carbonyl (C=O) groups is 1. The van der Waals surface area contributed by atoms with Crippen LogP contribution < -0.4 is 5.32 Å². The summed E-state index contributed by atoms with van der Waals surface area (Å²) < 4.78 is 12.9. The van der Waals surface area contributed by atoms with Crippen LogP contribution in [0.1, 0.15) is 5.56 Å². The predicted octanol–water partition coefficient (Wildman–Crippen LogP) is 3.69. The highest BCUT2D eigenvalue weighted by Crippen LogP contribution is 2.18. The summed E-state index contributed by atoms with van der Waals surface area (Å²) in [6, 6.07) is 13.7. The highest BCUT2D eigenvalue weighted by atomic mass is 32.2. The van der Waals surface area contributed by atoms with E-state index in [2.05, 4.69) is 15.3 Å². The van der Waals surface area contributed by atoms with Crippen LogP contribution in [0, 0.1) is 5.82 Å². The number of nitrogens with zero attached hydrogens (tertiary/aromatic N) is 2. The zero-order chi connectivity index (χ0) is 17.5. The van der Waals surface area contributed by atoms with Crippen LogP contribution in [0.25, 0.3) is 11.3 Å². The van der Waals surface area contributed by atoms with Gasteiger partial charge in [0, 0.05) is 35.6 Å². The largest absolute Gasteiger partial charge is 0.351 e. The molecule has 0 atom stereocenters. The molecule has 0 bridgehead atoms. The van der Waals surface area contributed by atoms with Gasteiger partial charge in [-0.2, -0.15) is 0 Å². The van der Waals surface area contributed by atoms with Gasteiger partial charge in [-0.15, -0.1) is 11.8 Å². The van der Waals surface area contributed by atoms with Gasteiger partial charge in [-0.1, -0.05) is 0 Å². The molecule has 2 aromatic heterocycles. The summed E-state index contributed by atoms with van der Waals surface area (Å²) in [4.78, 5) is 21.2. The van der Waals surface area contributed by atoms with Crippen molar-refractivity contribution in [3.63, 3.8) is 0 Å². The number of thioether (sulfide) groups is 1. The van der Waals surface area contributed by atoms with Crippen LogP contribution >= 0.6 is 11.8 Å². The smallest absolute Gasteiger partial charge is 0.230 e. The molecule has 1 amide bonds. The van der Waals surface area contributed by atoms with Gasteiger partial charge in [-0.25, -0.2) is 4.39 Å². The van der Waals surface area contributed by atoms with E-state index in [-0.39, 0.29) is 17.5 Å². The van der Waals surface area contributed by atoms with Crippen LogP contribution in [0.4, 0.5) is 4.39 Å². The maximum atomic E-state index is 12.9. The number of amides is 1. The van der Waals surface area contributed by atoms with Crippen LogP contribution in [0.2, 0.25) is 0 Å². The Morgan fingerprint density at radius 2 is 1.80 bits per heavy atom. The van der Waals surface area contributed by atoms with E-state index in [0.717, 1.165) is 21.7 Å². The van der Waals surface area contributed by atoms with E-state index in [1.807, 2.05) is 24.3 Å². The maximum absolute atomic E-state index is 12.9. The van der Waals surface area contributed by atoms with Crippen LogP contribution in [0.3, 0.4) is 0 Å². The lowest BCUT2D eigenvalue weighted by atomic mass is 10.1. The van der Waals surface area contributed by atoms with E-state index >= 15 is 0 Å². The molecule has 0 radical (unpaired) electrons. The van der Waals surface area contributed by atoms with Gasteiger partial charge in [-0.05, 0) is 54.1 Å². The number of halogens is 1. The number of rotatable bonds is 6. The van der Waals surface area contributed by atoms with Crippen LogP contribution in [-0.2, 0) is 11.3 Å². The molecule has 0 fully saturated rings. The van der Waals surface area contributed by atoms with E-state index in [0.29, 0.717) is 6.54 Å². The second-order valence-corrected chi connectivity index (χ2v) is 6.35. The maximum Gasteiger partial charge on any atom is 0.230 e. The second-order valence-electron chi connectivity index (χ2n) is 5.30. The fraction of sp³-hybridized carbons (Fsp3) is 0.105. The minimum absolute atomic E-state index is 0.0726. The van der Waals surface area contributed by atoms with Gasteiger partial charge in [0.1, 0.15) is 5.82 Å². The summed E-state index contributed by atoms with van der Waals surface area (Å²) in [6.45, 7) is 0.434. The minimum atomic E-state index is -0.281. The van der Waals surface area contributed by atoms with Crippen molar-refractivity contribution in [3.05, 3.63) is 78.5 Å². The highest BCUT2D eigenvalue weighted by molar-refractivity contribution is 8.00. The molecule has 0 aliphatic heterocycles. The Bertz CT molecular complexity index is 841. The minimum Gasteiger partial charge on any atom is -0.351 e. The molecular formula is C19H16FN3OS. The summed E-state index contributed by atoms with van der Waals surface area (Å²) in [5.74, 6) is -0.0680. The molecule has 0 saturated carbocycles. The summed E-state index contributed by atoms with van der Waals surface area (Å²) in [5.41, 5.74) is 2.80. The molecule has 3 aromatic rings. The summed E-state index contributed by atoms with van der Waals surface area (Å²) in [5, 5.41) is 2.89. The zero-order valence-corrected chi connectivity index (χ0v) is 14.2. The van der Waals surface area contributed by atoms with E-state index in [1.54, 1.807) is 30.7 Å². The number of hydrogen-bond acceptors (Lipinski definition) is 4. The molecule has 0 aliphatic rings. The third kappa shape index (κ3) is 5.12. The highest BCUT2D eigenvalue weighted by Gasteiger charge is 2.05. The van der Waals surface area contributed by atoms with Crippen molar-refractivity contribution in [2.24, 2.45) is 0 Å². The monoisotopic (exact) mass is 353 g/mol. The number of pyridine rings is 2. The third-order valence-corrected chi connectivity index (χ3v) is 4.49. The SMILES string of the molecule is O=C(CSc1ccc(F)cc1)NCc1ccnc(-c2ccncc2)c1. The first kappa shape index (κ1) is 17.1. The van der Waals surface area contributed by atoms with Crippen molar-refractivity contribution < 1.29 is 9.18 Å². The number of carbonyl (C=O) groups excluding carboxylic acids is 1. The molecule has 6 heteroatoms. The predicted molar refractivity (Wildman–Crippen MR) is 96.4 cm³/mol. The molecule has 0 aliphatic carbocycles. The lowest BCUT2D eigenvalue weighted by molar-refractivity contribution is -0.118. The lowest BCUT2D eigenvalue weighted by Gasteiger charge is -2.07. The molecule has 126 valence electrons. The van der Waals surface area contributed by atoms with Crippen molar-refractivity contribution in [2.45, 2.75) is 11.4 Å². The van der Waals surface area contributed by atoms with Crippen molar-refractivity contribution in [3.8, 4) is 11.3 Å². The number of hydrogen-bond donors (Lipinski definition) is 1. The fourth-order valence-electron chi connectivity index (χ4n) is 2.20. The number of benzene rings is 1. The van der Waals surface area contributed by atoms with Crippen molar-refractivity contribution >= 4 is 17.7 Å². The first-order valence-electron chi connectivity index (χ1n) is 7.71. The molecule has 2 heterocycles. The normalized spacial score (nSPS) is 10.4. The van der Waals surface area contributed by atoms with Crippen molar-refractivity contribution in [1.82, 2.24) is 15.3 Å². The zero-order valence-electron chi connectivity index (χ0n) is 13.4. The average molecular weight is 353 g/mol. The molecule has 0 saturated heterocycles. The summed E-state index contributed by atoms with van der Waals surface area (Å²) >= 11 is 1.37. The number of nitrogens with one attached hydrogen (secondary N) is 1. The lowest BCUT2D eigenvalue weighted by Crippen LogP contribution is -2.24. The Labute approximate surface area is 149 Å². The van der Waals surface area contributed by atoms with Gasteiger partial charge >= 0.3 is 0 Å². The Morgan fingerprint density at radius 3 is 2.56 bits per heavy atom. The van der Waals surface area contributed by atoms with Crippen molar-refractivity contribution in [1.29, 1.82) is 0 Å². The molecule has 1 N–H and O–H groups in total. The molecule has 1 aromatic carbocycles. The van der Waals surface area contributed by atoms with E-state index in [1.165, 1.54) is 23.9 Å². The number of aromatic nitrogens is 2. The topological polar surface area (TPSA) is 54.9 Å². The van der Waals surface area contributed by atoms with Crippen LogP contribution in [0.5, 0.6) is 0 Å². The van der Waals surface area contributed by atoms with Gasteiger partial charge in [0.25, 0.3) is 0 Å². The standard InChI is InChI=1S/C19H16FN3OS/c20-16-1-3-17(4-2-16)25-13-19(24)23-12-14-5-10-22-18(11-14)15-6-8-21-9-7-15/h1-11H,12-13H2,(H,23,24). The van der Waals surface area contributed by atoms with Crippen LogP contribution in [-0.4, -0.2) is 21.6 Å². The van der Waals surface area contributed by atoms with Gasteiger partial charge in [0.15, 0.2) is 0 Å². The van der Waals surface area contributed by atoms with Gasteiger partial charge < -0.3 is 5.32 Å². The summed E-state index contributed by atoms with van der Waals surface area (Å²) in [7, 11) is 0. The third-order valence-electron chi connectivity index (χ3n) is 3.47. The Morgan fingerprint density at radius 1 is 1.04 bits per heavy atom. The van der Waals surface area contributed by atoms with E-state index < -0.39 is 0 Å². The van der Waals surface area contributed by atoms with Gasteiger partial charge in [0.05, 0.1) is 11.4 Å². The molecular weight excluding hydrogens is 337 g/mol. The quantitative estimate of drug-likeness (QED) is 0.687. The Kier molecular flexibility index (Phi) is 5.74. The summed E-state index contributed by atoms with van der Waals surface area (Å²) in [6.07, 6.45) is 5.17. The molecule has 0 spiro atoms. The Hall–Kier alpha value is -2.73. The Balaban J connectivity index is 1.53. The molecule has 0 unspecified atom stereocenters. The van der Waals surface area contributed by atoms with Gasteiger partial charge in [-0.3, -0.25) is 14.8 Å². The second kappa shape index (κ2) is 8.39. The van der Waals surface area contributed by atoms with Gasteiger partial charge in [0.2, 0.25) is 5.91 Å². The van der Waals surface area contributed by atoms with E-state index in [9.17, 15) is 9.18 Å². The molecule has 3 rings (SSSR count).